The lowest BCUT2D eigenvalue weighted by Gasteiger charge is -1.95. The van der Waals surface area contributed by atoms with Crippen LogP contribution >= 0.6 is 0 Å². The fourth-order valence-corrected chi connectivity index (χ4v) is 0.797. The van der Waals surface area contributed by atoms with Gasteiger partial charge in [-0.15, -0.1) is 0 Å². The third-order valence-corrected chi connectivity index (χ3v) is 1.45. The van der Waals surface area contributed by atoms with E-state index < -0.39 is 12.1 Å². The number of hydrogen-bond acceptors (Lipinski definition) is 4. The molecule has 1 aromatic rings. The first kappa shape index (κ1) is 8.80. The van der Waals surface area contributed by atoms with E-state index in [4.69, 9.17) is 9.52 Å². The van der Waals surface area contributed by atoms with Crippen LogP contribution in [0.2, 0.25) is 0 Å². The molecular formula is C8H10O4. The van der Waals surface area contributed by atoms with Gasteiger partial charge in [0.1, 0.15) is 18.1 Å². The summed E-state index contributed by atoms with van der Waals surface area (Å²) < 4.78 is 9.35. The third kappa shape index (κ3) is 1.65. The number of aliphatic hydroxyl groups excluding tert-OH is 1. The fraction of sp³-hybridized carbons (Fsp3) is 0.375. The molecule has 1 N–H and O–H groups in total. The minimum Gasteiger partial charge on any atom is -0.466 e. The molecule has 0 spiro atoms. The van der Waals surface area contributed by atoms with Crippen molar-refractivity contribution in [1.29, 1.82) is 0 Å². The van der Waals surface area contributed by atoms with Gasteiger partial charge in [0.15, 0.2) is 0 Å². The lowest BCUT2D eigenvalue weighted by atomic mass is 10.2. The Kier molecular flexibility index (Phi) is 2.50. The molecule has 0 saturated carbocycles. The Morgan fingerprint density at radius 3 is 2.83 bits per heavy atom. The molecular weight excluding hydrogens is 160 g/mol. The minimum absolute atomic E-state index is 0.313. The number of hydrogen-bond donors (Lipinski definition) is 1. The van der Waals surface area contributed by atoms with Crippen LogP contribution in [0.1, 0.15) is 29.1 Å². The highest BCUT2D eigenvalue weighted by atomic mass is 16.5. The molecule has 0 aliphatic rings. The minimum atomic E-state index is -0.705. The molecule has 0 radical (unpaired) electrons. The molecule has 0 amide bonds. The van der Waals surface area contributed by atoms with Crippen molar-refractivity contribution in [2.45, 2.75) is 13.0 Å². The summed E-state index contributed by atoms with van der Waals surface area (Å²) in [5, 5.41) is 9.05. The second-order valence-corrected chi connectivity index (χ2v) is 2.41. The van der Waals surface area contributed by atoms with E-state index in [0.717, 1.165) is 0 Å². The van der Waals surface area contributed by atoms with Gasteiger partial charge in [0.2, 0.25) is 0 Å². The summed E-state index contributed by atoms with van der Waals surface area (Å²) in [5.41, 5.74) is 0.313. The van der Waals surface area contributed by atoms with Crippen molar-refractivity contribution in [1.82, 2.24) is 0 Å². The van der Waals surface area contributed by atoms with Crippen molar-refractivity contribution < 1.29 is 19.1 Å². The lowest BCUT2D eigenvalue weighted by molar-refractivity contribution is 0.0600. The Hall–Kier alpha value is -1.29. The average molecular weight is 170 g/mol. The highest BCUT2D eigenvalue weighted by molar-refractivity contribution is 5.88. The maximum absolute atomic E-state index is 10.9. The van der Waals surface area contributed by atoms with Crippen molar-refractivity contribution in [3.63, 3.8) is 0 Å². The number of rotatable bonds is 2. The molecule has 1 rings (SSSR count). The number of aliphatic hydroxyl groups is 1. The monoisotopic (exact) mass is 170 g/mol. The maximum Gasteiger partial charge on any atom is 0.341 e. The predicted octanol–water partition coefficient (Wildman–Crippen LogP) is 1.12. The van der Waals surface area contributed by atoms with Crippen molar-refractivity contribution in [3.8, 4) is 0 Å². The van der Waals surface area contributed by atoms with Gasteiger partial charge in [-0.2, -0.15) is 0 Å². The molecule has 12 heavy (non-hydrogen) atoms. The van der Waals surface area contributed by atoms with Crippen molar-refractivity contribution in [2.24, 2.45) is 0 Å². The number of furan rings is 1. The van der Waals surface area contributed by atoms with E-state index >= 15 is 0 Å². The van der Waals surface area contributed by atoms with Gasteiger partial charge in [-0.1, -0.05) is 0 Å². The SMILES string of the molecule is COC(=O)c1coc(C(C)O)c1. The molecule has 1 aromatic heterocycles. The predicted molar refractivity (Wildman–Crippen MR) is 40.7 cm³/mol. The molecule has 1 unspecified atom stereocenters. The molecule has 1 atom stereocenters. The zero-order valence-electron chi connectivity index (χ0n) is 6.90. The Morgan fingerprint density at radius 2 is 2.42 bits per heavy atom. The third-order valence-electron chi connectivity index (χ3n) is 1.45. The maximum atomic E-state index is 10.9. The van der Waals surface area contributed by atoms with Gasteiger partial charge in [-0.05, 0) is 13.0 Å². The average Bonchev–Trinajstić information content (AvgIpc) is 2.51. The normalized spacial score (nSPS) is 12.6. The van der Waals surface area contributed by atoms with E-state index in [0.29, 0.717) is 11.3 Å². The first-order chi connectivity index (χ1) is 5.65. The zero-order valence-corrected chi connectivity index (χ0v) is 6.90. The van der Waals surface area contributed by atoms with Gasteiger partial charge in [0.05, 0.1) is 12.7 Å². The van der Waals surface area contributed by atoms with Crippen LogP contribution in [0.4, 0.5) is 0 Å². The lowest BCUT2D eigenvalue weighted by Crippen LogP contribution is -1.98. The topological polar surface area (TPSA) is 59.7 Å². The van der Waals surface area contributed by atoms with Crippen LogP contribution in [0, 0.1) is 0 Å². The largest absolute Gasteiger partial charge is 0.466 e. The summed E-state index contributed by atoms with van der Waals surface area (Å²) in [6, 6.07) is 1.45. The van der Waals surface area contributed by atoms with Gasteiger partial charge < -0.3 is 14.3 Å². The van der Waals surface area contributed by atoms with E-state index in [1.54, 1.807) is 6.92 Å². The molecule has 0 aliphatic carbocycles. The van der Waals surface area contributed by atoms with Crippen molar-refractivity contribution in [2.75, 3.05) is 7.11 Å². The standard InChI is InChI=1S/C8H10O4/c1-5(9)7-3-6(4-12-7)8(10)11-2/h3-5,9H,1-2H3. The molecule has 0 bridgehead atoms. The first-order valence-corrected chi connectivity index (χ1v) is 3.50. The number of methoxy groups -OCH3 is 1. The molecule has 1 heterocycles. The summed E-state index contributed by atoms with van der Waals surface area (Å²) >= 11 is 0. The van der Waals surface area contributed by atoms with E-state index in [9.17, 15) is 4.79 Å². The van der Waals surface area contributed by atoms with Crippen LogP contribution in [0.5, 0.6) is 0 Å². The van der Waals surface area contributed by atoms with Gasteiger partial charge in [-0.3, -0.25) is 0 Å². The van der Waals surface area contributed by atoms with Crippen LogP contribution in [0.25, 0.3) is 0 Å². The number of esters is 1. The Balaban J connectivity index is 2.84. The number of ether oxygens (including phenoxy) is 1. The van der Waals surface area contributed by atoms with Crippen LogP contribution < -0.4 is 0 Å². The molecule has 0 aliphatic heterocycles. The highest BCUT2D eigenvalue weighted by Crippen LogP contribution is 2.15. The summed E-state index contributed by atoms with van der Waals surface area (Å²) in [7, 11) is 1.29. The van der Waals surface area contributed by atoms with Gasteiger partial charge in [0, 0.05) is 0 Å². The van der Waals surface area contributed by atoms with E-state index in [2.05, 4.69) is 4.74 Å². The second-order valence-electron chi connectivity index (χ2n) is 2.41. The molecule has 66 valence electrons. The van der Waals surface area contributed by atoms with E-state index in [-0.39, 0.29) is 0 Å². The van der Waals surface area contributed by atoms with Crippen LogP contribution in [0.15, 0.2) is 16.7 Å². The summed E-state index contributed by atoms with van der Waals surface area (Å²) in [4.78, 5) is 10.9. The van der Waals surface area contributed by atoms with Crippen LogP contribution in [-0.4, -0.2) is 18.2 Å². The quantitative estimate of drug-likeness (QED) is 0.675. The van der Waals surface area contributed by atoms with Crippen molar-refractivity contribution >= 4 is 5.97 Å². The molecule has 0 fully saturated rings. The van der Waals surface area contributed by atoms with E-state index in [1.807, 2.05) is 0 Å². The molecule has 4 nitrogen and oxygen atoms in total. The molecule has 0 saturated heterocycles. The first-order valence-electron chi connectivity index (χ1n) is 3.50. The second kappa shape index (κ2) is 3.40. The Morgan fingerprint density at radius 1 is 1.75 bits per heavy atom. The molecule has 4 heteroatoms. The fourth-order valence-electron chi connectivity index (χ4n) is 0.797. The van der Waals surface area contributed by atoms with Gasteiger partial charge in [0.25, 0.3) is 0 Å². The Bertz CT molecular complexity index is 274. The van der Waals surface area contributed by atoms with Crippen LogP contribution in [-0.2, 0) is 4.74 Å². The number of carbonyl (C=O) groups is 1. The Labute approximate surface area is 69.8 Å². The smallest absolute Gasteiger partial charge is 0.341 e. The summed E-state index contributed by atoms with van der Waals surface area (Å²) in [5.74, 6) is -0.110. The molecule has 0 aromatic carbocycles. The van der Waals surface area contributed by atoms with Crippen LogP contribution in [0.3, 0.4) is 0 Å². The van der Waals surface area contributed by atoms with E-state index in [1.165, 1.54) is 19.4 Å². The summed E-state index contributed by atoms with van der Waals surface area (Å²) in [6.07, 6.45) is 0.553. The van der Waals surface area contributed by atoms with Crippen molar-refractivity contribution in [3.05, 3.63) is 23.7 Å². The number of carbonyl (C=O) groups excluding carboxylic acids is 1. The highest BCUT2D eigenvalue weighted by Gasteiger charge is 2.12. The zero-order chi connectivity index (χ0) is 9.14. The van der Waals surface area contributed by atoms with Gasteiger partial charge in [-0.25, -0.2) is 4.79 Å². The van der Waals surface area contributed by atoms with Gasteiger partial charge >= 0.3 is 5.97 Å². The summed E-state index contributed by atoms with van der Waals surface area (Å²) in [6.45, 7) is 1.56.